The summed E-state index contributed by atoms with van der Waals surface area (Å²) in [6, 6.07) is 1.24. The topological polar surface area (TPSA) is 58.3 Å². The van der Waals surface area contributed by atoms with E-state index in [0.29, 0.717) is 18.0 Å². The number of hydrogen-bond donors (Lipinski definition) is 3. The minimum Gasteiger partial charge on any atom is -0.393 e. The van der Waals surface area contributed by atoms with Crippen molar-refractivity contribution in [2.45, 2.75) is 76.6 Å². The van der Waals surface area contributed by atoms with E-state index in [0.717, 1.165) is 12.8 Å². The summed E-state index contributed by atoms with van der Waals surface area (Å²) in [4.78, 5) is 0. The molecule has 3 fully saturated rings. The van der Waals surface area contributed by atoms with Gasteiger partial charge in [-0.15, -0.1) is 0 Å². The molecule has 0 aromatic carbocycles. The van der Waals surface area contributed by atoms with Gasteiger partial charge in [0.2, 0.25) is 0 Å². The molecule has 104 valence electrons. The second-order valence-electron chi connectivity index (χ2n) is 7.62. The zero-order valence-electron chi connectivity index (χ0n) is 11.7. The fraction of sp³-hybridized carbons (Fsp3) is 1.00. The van der Waals surface area contributed by atoms with Crippen molar-refractivity contribution in [3.05, 3.63) is 0 Å². The van der Waals surface area contributed by atoms with E-state index in [1.807, 2.05) is 0 Å². The van der Waals surface area contributed by atoms with Gasteiger partial charge in [0.25, 0.3) is 0 Å². The van der Waals surface area contributed by atoms with Gasteiger partial charge in [-0.05, 0) is 37.0 Å². The van der Waals surface area contributed by atoms with Crippen molar-refractivity contribution in [2.24, 2.45) is 23.0 Å². The maximum atomic E-state index is 10.5. The lowest BCUT2D eigenvalue weighted by atomic mass is 9.60. The average molecular weight is 252 g/mol. The van der Waals surface area contributed by atoms with Crippen molar-refractivity contribution in [3.8, 4) is 0 Å². The lowest BCUT2D eigenvalue weighted by Gasteiger charge is -2.55. The molecule has 2 saturated carbocycles. The van der Waals surface area contributed by atoms with E-state index in [2.05, 4.69) is 19.2 Å². The van der Waals surface area contributed by atoms with Gasteiger partial charge in [-0.25, -0.2) is 0 Å². The predicted molar refractivity (Wildman–Crippen MR) is 73.2 cm³/mol. The first-order chi connectivity index (χ1) is 8.48. The molecule has 0 aromatic rings. The second-order valence-corrected chi connectivity index (χ2v) is 7.62. The molecule has 1 aliphatic heterocycles. The molecule has 0 radical (unpaired) electrons. The Morgan fingerprint density at radius 3 is 2.61 bits per heavy atom. The summed E-state index contributed by atoms with van der Waals surface area (Å²) in [6.07, 6.45) is 7.02. The van der Waals surface area contributed by atoms with Crippen LogP contribution in [-0.2, 0) is 0 Å². The third kappa shape index (κ3) is 2.10. The molecule has 1 saturated heterocycles. The van der Waals surface area contributed by atoms with Gasteiger partial charge < -0.3 is 16.2 Å². The zero-order chi connectivity index (χ0) is 12.9. The first-order valence-electron chi connectivity index (χ1n) is 7.68. The van der Waals surface area contributed by atoms with Gasteiger partial charge in [0.1, 0.15) is 0 Å². The normalized spacial score (nSPS) is 51.3. The minimum absolute atomic E-state index is 0.202. The molecular weight excluding hydrogens is 224 g/mol. The van der Waals surface area contributed by atoms with Gasteiger partial charge in [0, 0.05) is 24.0 Å². The van der Waals surface area contributed by atoms with Crippen LogP contribution in [0.2, 0.25) is 0 Å². The third-order valence-electron chi connectivity index (χ3n) is 5.63. The van der Waals surface area contributed by atoms with E-state index in [4.69, 9.17) is 5.73 Å². The van der Waals surface area contributed by atoms with E-state index in [9.17, 15) is 5.11 Å². The Balaban J connectivity index is 1.81. The Labute approximate surface area is 111 Å². The van der Waals surface area contributed by atoms with E-state index in [1.165, 1.54) is 25.7 Å². The standard InChI is InChI=1S/C15H28N2O/c1-15(2)7-11-13(12(18)8-15)14(16)9-5-3-4-6-10(9)17-11/h9-14,17-18H,3-8,16H2,1-2H3/t9?,10?,11?,12-,13?,14?/m0/s1. The molecule has 3 rings (SSSR count). The Kier molecular flexibility index (Phi) is 3.20. The number of nitrogens with two attached hydrogens (primary N) is 1. The number of nitrogens with one attached hydrogen (secondary N) is 1. The van der Waals surface area contributed by atoms with Gasteiger partial charge >= 0.3 is 0 Å². The highest BCUT2D eigenvalue weighted by Gasteiger charge is 2.50. The molecule has 18 heavy (non-hydrogen) atoms. The zero-order valence-corrected chi connectivity index (χ0v) is 11.7. The van der Waals surface area contributed by atoms with Crippen molar-refractivity contribution in [1.29, 1.82) is 0 Å². The number of aliphatic hydroxyl groups is 1. The minimum atomic E-state index is -0.218. The van der Waals surface area contributed by atoms with Gasteiger partial charge in [-0.2, -0.15) is 0 Å². The summed E-state index contributed by atoms with van der Waals surface area (Å²) in [5, 5.41) is 14.3. The monoisotopic (exact) mass is 252 g/mol. The Morgan fingerprint density at radius 2 is 1.83 bits per heavy atom. The van der Waals surface area contributed by atoms with E-state index >= 15 is 0 Å². The van der Waals surface area contributed by atoms with Crippen LogP contribution >= 0.6 is 0 Å². The van der Waals surface area contributed by atoms with Gasteiger partial charge in [0.05, 0.1) is 6.10 Å². The van der Waals surface area contributed by atoms with Crippen molar-refractivity contribution in [3.63, 3.8) is 0 Å². The molecular formula is C15H28N2O. The highest BCUT2D eigenvalue weighted by molar-refractivity contribution is 5.07. The molecule has 3 heteroatoms. The van der Waals surface area contributed by atoms with Crippen LogP contribution in [0.4, 0.5) is 0 Å². The molecule has 6 atom stereocenters. The molecule has 1 heterocycles. The van der Waals surface area contributed by atoms with Crippen LogP contribution in [0, 0.1) is 17.3 Å². The third-order valence-corrected chi connectivity index (χ3v) is 5.63. The molecule has 0 spiro atoms. The van der Waals surface area contributed by atoms with Gasteiger partial charge in [-0.1, -0.05) is 26.7 Å². The van der Waals surface area contributed by atoms with Crippen molar-refractivity contribution in [2.75, 3.05) is 0 Å². The summed E-state index contributed by atoms with van der Waals surface area (Å²) in [6.45, 7) is 4.54. The summed E-state index contributed by atoms with van der Waals surface area (Å²) >= 11 is 0. The van der Waals surface area contributed by atoms with Gasteiger partial charge in [0.15, 0.2) is 0 Å². The molecule has 5 unspecified atom stereocenters. The number of fused-ring (bicyclic) bond motifs is 2. The van der Waals surface area contributed by atoms with E-state index in [1.54, 1.807) is 0 Å². The number of hydrogen-bond acceptors (Lipinski definition) is 3. The smallest absolute Gasteiger partial charge is 0.0603 e. The lowest BCUT2D eigenvalue weighted by molar-refractivity contribution is -0.0577. The molecule has 0 bridgehead atoms. The quantitative estimate of drug-likeness (QED) is 0.614. The van der Waals surface area contributed by atoms with Crippen LogP contribution in [0.5, 0.6) is 0 Å². The maximum Gasteiger partial charge on any atom is 0.0603 e. The summed E-state index contributed by atoms with van der Waals surface area (Å²) < 4.78 is 0. The van der Waals surface area contributed by atoms with Crippen LogP contribution in [-0.4, -0.2) is 29.3 Å². The molecule has 3 nitrogen and oxygen atoms in total. The summed E-state index contributed by atoms with van der Waals surface area (Å²) in [7, 11) is 0. The Bertz CT molecular complexity index is 318. The Hall–Kier alpha value is -0.120. The van der Waals surface area contributed by atoms with Crippen LogP contribution < -0.4 is 11.1 Å². The summed E-state index contributed by atoms with van der Waals surface area (Å²) in [5.74, 6) is 0.869. The van der Waals surface area contributed by atoms with Crippen molar-refractivity contribution in [1.82, 2.24) is 5.32 Å². The average Bonchev–Trinajstić information content (AvgIpc) is 2.26. The van der Waals surface area contributed by atoms with Crippen LogP contribution in [0.3, 0.4) is 0 Å². The first kappa shape index (κ1) is 12.9. The first-order valence-corrected chi connectivity index (χ1v) is 7.68. The maximum absolute atomic E-state index is 10.5. The number of rotatable bonds is 0. The Morgan fingerprint density at radius 1 is 1.11 bits per heavy atom. The van der Waals surface area contributed by atoms with Crippen LogP contribution in [0.1, 0.15) is 52.4 Å². The van der Waals surface area contributed by atoms with Crippen molar-refractivity contribution >= 4 is 0 Å². The van der Waals surface area contributed by atoms with Crippen LogP contribution in [0.15, 0.2) is 0 Å². The molecule has 4 N–H and O–H groups in total. The molecule has 0 amide bonds. The highest BCUT2D eigenvalue weighted by Crippen LogP contribution is 2.45. The highest BCUT2D eigenvalue weighted by atomic mass is 16.3. The van der Waals surface area contributed by atoms with Crippen LogP contribution in [0.25, 0.3) is 0 Å². The largest absolute Gasteiger partial charge is 0.393 e. The fourth-order valence-electron chi connectivity index (χ4n) is 4.87. The van der Waals surface area contributed by atoms with E-state index < -0.39 is 0 Å². The predicted octanol–water partition coefficient (Wildman–Crippen LogP) is 1.64. The molecule has 2 aliphatic carbocycles. The number of aliphatic hydroxyl groups excluding tert-OH is 1. The molecule has 0 aromatic heterocycles. The SMILES string of the molecule is CC1(C)CC2NC3CCCCC3C(N)C2[C@@H](O)C1. The lowest BCUT2D eigenvalue weighted by Crippen LogP contribution is -2.67. The molecule has 3 aliphatic rings. The van der Waals surface area contributed by atoms with E-state index in [-0.39, 0.29) is 23.5 Å². The summed E-state index contributed by atoms with van der Waals surface area (Å²) in [5.41, 5.74) is 6.77. The fourth-order valence-corrected chi connectivity index (χ4v) is 4.87. The van der Waals surface area contributed by atoms with Crippen molar-refractivity contribution < 1.29 is 5.11 Å². The van der Waals surface area contributed by atoms with Gasteiger partial charge in [-0.3, -0.25) is 0 Å². The second kappa shape index (κ2) is 4.46. The number of piperidine rings is 1.